The fourth-order valence-electron chi connectivity index (χ4n) is 2.19. The number of rotatable bonds is 3. The highest BCUT2D eigenvalue weighted by atomic mass is 16.1. The molecule has 8 heteroatoms. The molecule has 0 unspecified atom stereocenters. The summed E-state index contributed by atoms with van der Waals surface area (Å²) in [6.45, 7) is 3.66. The van der Waals surface area contributed by atoms with Gasteiger partial charge in [0.15, 0.2) is 0 Å². The van der Waals surface area contributed by atoms with Crippen molar-refractivity contribution in [2.45, 2.75) is 13.8 Å². The van der Waals surface area contributed by atoms with Crippen LogP contribution in [0.1, 0.15) is 21.7 Å². The molecule has 3 rings (SSSR count). The molecule has 0 saturated heterocycles. The molecule has 0 aliphatic heterocycles. The Balaban J connectivity index is 1.80. The average Bonchev–Trinajstić information content (AvgIpc) is 3.09. The van der Waals surface area contributed by atoms with Crippen molar-refractivity contribution in [3.63, 3.8) is 0 Å². The molecular weight excluding hydrogens is 282 g/mol. The van der Waals surface area contributed by atoms with Crippen molar-refractivity contribution in [1.82, 2.24) is 29.3 Å². The van der Waals surface area contributed by atoms with Crippen LogP contribution in [0, 0.1) is 13.8 Å². The van der Waals surface area contributed by atoms with Gasteiger partial charge in [0.25, 0.3) is 5.91 Å². The number of hydrogen-bond acceptors (Lipinski definition) is 5. The zero-order valence-corrected chi connectivity index (χ0v) is 12.5. The highest BCUT2D eigenvalue weighted by Crippen LogP contribution is 2.14. The number of anilines is 1. The molecule has 3 heterocycles. The Morgan fingerprint density at radius 3 is 2.50 bits per heavy atom. The maximum absolute atomic E-state index is 12.3. The van der Waals surface area contributed by atoms with Crippen molar-refractivity contribution in [2.75, 3.05) is 5.32 Å². The number of aromatic nitrogens is 6. The van der Waals surface area contributed by atoms with Crippen molar-refractivity contribution in [2.24, 2.45) is 7.05 Å². The van der Waals surface area contributed by atoms with Crippen LogP contribution in [0.5, 0.6) is 0 Å². The molecule has 0 bridgehead atoms. The van der Waals surface area contributed by atoms with Gasteiger partial charge in [-0.25, -0.2) is 15.0 Å². The van der Waals surface area contributed by atoms with E-state index >= 15 is 0 Å². The minimum absolute atomic E-state index is 0.220. The van der Waals surface area contributed by atoms with Gasteiger partial charge in [0.2, 0.25) is 5.95 Å². The van der Waals surface area contributed by atoms with Gasteiger partial charge < -0.3 is 5.32 Å². The molecule has 0 aliphatic carbocycles. The molecule has 0 spiro atoms. The number of hydrogen-bond donors (Lipinski definition) is 1. The first-order chi connectivity index (χ1) is 10.6. The Morgan fingerprint density at radius 1 is 1.23 bits per heavy atom. The molecule has 3 aromatic rings. The molecule has 3 aromatic heterocycles. The van der Waals surface area contributed by atoms with E-state index in [1.807, 2.05) is 14.0 Å². The topological polar surface area (TPSA) is 90.5 Å². The fourth-order valence-corrected chi connectivity index (χ4v) is 2.19. The van der Waals surface area contributed by atoms with Crippen molar-refractivity contribution in [1.29, 1.82) is 0 Å². The SMILES string of the molecule is Cc1nn(C)c(C)c1C(=O)Nc1cnc(-n2ccnc2)nc1. The van der Waals surface area contributed by atoms with Gasteiger partial charge in [0.1, 0.15) is 6.33 Å². The first-order valence-corrected chi connectivity index (χ1v) is 6.68. The first-order valence-electron chi connectivity index (χ1n) is 6.68. The molecule has 8 nitrogen and oxygen atoms in total. The zero-order chi connectivity index (χ0) is 15.7. The Bertz CT molecular complexity index is 803. The summed E-state index contributed by atoms with van der Waals surface area (Å²) in [6.07, 6.45) is 8.11. The van der Waals surface area contributed by atoms with Crippen LogP contribution in [0.4, 0.5) is 5.69 Å². The molecule has 0 aromatic carbocycles. The molecule has 0 saturated carbocycles. The highest BCUT2D eigenvalue weighted by Gasteiger charge is 2.17. The van der Waals surface area contributed by atoms with Gasteiger partial charge in [-0.3, -0.25) is 14.0 Å². The number of carbonyl (C=O) groups excluding carboxylic acids is 1. The molecule has 0 fully saturated rings. The predicted octanol–water partition coefficient (Wildman–Crippen LogP) is 1.26. The molecule has 112 valence electrons. The number of aryl methyl sites for hydroxylation is 2. The summed E-state index contributed by atoms with van der Waals surface area (Å²) in [7, 11) is 1.81. The van der Waals surface area contributed by atoms with Gasteiger partial charge in [-0.2, -0.15) is 5.10 Å². The van der Waals surface area contributed by atoms with E-state index in [0.29, 0.717) is 22.9 Å². The lowest BCUT2D eigenvalue weighted by atomic mass is 10.2. The van der Waals surface area contributed by atoms with Crippen LogP contribution in [0.25, 0.3) is 5.95 Å². The van der Waals surface area contributed by atoms with Crippen LogP contribution >= 0.6 is 0 Å². The maximum Gasteiger partial charge on any atom is 0.259 e. The fraction of sp³-hybridized carbons (Fsp3) is 0.214. The Kier molecular flexibility index (Phi) is 3.42. The minimum atomic E-state index is -0.220. The van der Waals surface area contributed by atoms with E-state index in [-0.39, 0.29) is 5.91 Å². The van der Waals surface area contributed by atoms with E-state index in [2.05, 4.69) is 25.4 Å². The Labute approximate surface area is 126 Å². The van der Waals surface area contributed by atoms with Crippen molar-refractivity contribution in [3.05, 3.63) is 48.1 Å². The molecule has 0 aliphatic rings. The number of nitrogens with one attached hydrogen (secondary N) is 1. The van der Waals surface area contributed by atoms with Crippen molar-refractivity contribution >= 4 is 11.6 Å². The second kappa shape index (κ2) is 5.40. The van der Waals surface area contributed by atoms with E-state index < -0.39 is 0 Å². The molecule has 1 N–H and O–H groups in total. The van der Waals surface area contributed by atoms with E-state index in [9.17, 15) is 4.79 Å². The summed E-state index contributed by atoms with van der Waals surface area (Å²) < 4.78 is 3.36. The molecule has 0 atom stereocenters. The second-order valence-electron chi connectivity index (χ2n) is 4.87. The maximum atomic E-state index is 12.3. The molecule has 0 radical (unpaired) electrons. The van der Waals surface area contributed by atoms with E-state index in [4.69, 9.17) is 0 Å². The van der Waals surface area contributed by atoms with Gasteiger partial charge in [0, 0.05) is 25.1 Å². The van der Waals surface area contributed by atoms with Crippen LogP contribution in [0.2, 0.25) is 0 Å². The summed E-state index contributed by atoms with van der Waals surface area (Å²) in [6, 6.07) is 0. The average molecular weight is 297 g/mol. The van der Waals surface area contributed by atoms with E-state index in [1.165, 1.54) is 0 Å². The van der Waals surface area contributed by atoms with Crippen LogP contribution in [-0.4, -0.2) is 35.2 Å². The Morgan fingerprint density at radius 2 is 1.95 bits per heavy atom. The summed E-state index contributed by atoms with van der Waals surface area (Å²) in [5.74, 6) is 0.270. The highest BCUT2D eigenvalue weighted by molar-refractivity contribution is 6.05. The van der Waals surface area contributed by atoms with Gasteiger partial charge in [0.05, 0.1) is 29.3 Å². The van der Waals surface area contributed by atoms with E-state index in [1.54, 1.807) is 47.3 Å². The van der Waals surface area contributed by atoms with Gasteiger partial charge in [-0.15, -0.1) is 0 Å². The number of nitrogens with zero attached hydrogens (tertiary/aromatic N) is 6. The monoisotopic (exact) mass is 297 g/mol. The standard InChI is InChI=1S/C14H15N7O/c1-9-12(10(2)20(3)19-9)13(22)18-11-6-16-14(17-7-11)21-5-4-15-8-21/h4-8H,1-3H3,(H,18,22). The number of carbonyl (C=O) groups is 1. The number of imidazole rings is 1. The molecule has 22 heavy (non-hydrogen) atoms. The lowest BCUT2D eigenvalue weighted by Crippen LogP contribution is -2.14. The summed E-state index contributed by atoms with van der Waals surface area (Å²) in [5, 5.41) is 7.02. The lowest BCUT2D eigenvalue weighted by molar-refractivity contribution is 0.102. The zero-order valence-electron chi connectivity index (χ0n) is 12.5. The summed E-state index contributed by atoms with van der Waals surface area (Å²) in [5.41, 5.74) is 2.59. The van der Waals surface area contributed by atoms with Crippen LogP contribution in [-0.2, 0) is 7.05 Å². The third-order valence-corrected chi connectivity index (χ3v) is 3.37. The number of amides is 1. The third kappa shape index (κ3) is 2.46. The van der Waals surface area contributed by atoms with Crippen LogP contribution in [0.15, 0.2) is 31.1 Å². The van der Waals surface area contributed by atoms with Crippen molar-refractivity contribution in [3.8, 4) is 5.95 Å². The smallest absolute Gasteiger partial charge is 0.259 e. The summed E-state index contributed by atoms with van der Waals surface area (Å²) in [4.78, 5) is 24.7. The normalized spacial score (nSPS) is 10.7. The second-order valence-corrected chi connectivity index (χ2v) is 4.87. The van der Waals surface area contributed by atoms with Crippen LogP contribution in [0.3, 0.4) is 0 Å². The largest absolute Gasteiger partial charge is 0.319 e. The first kappa shape index (κ1) is 13.9. The summed E-state index contributed by atoms with van der Waals surface area (Å²) >= 11 is 0. The van der Waals surface area contributed by atoms with Crippen LogP contribution < -0.4 is 5.32 Å². The molecular formula is C14H15N7O. The predicted molar refractivity (Wildman–Crippen MR) is 79.8 cm³/mol. The Hall–Kier alpha value is -3.03. The third-order valence-electron chi connectivity index (χ3n) is 3.37. The van der Waals surface area contributed by atoms with Gasteiger partial charge >= 0.3 is 0 Å². The lowest BCUT2D eigenvalue weighted by Gasteiger charge is -2.06. The minimum Gasteiger partial charge on any atom is -0.319 e. The van der Waals surface area contributed by atoms with Gasteiger partial charge in [-0.1, -0.05) is 0 Å². The van der Waals surface area contributed by atoms with Crippen molar-refractivity contribution < 1.29 is 4.79 Å². The molecule has 1 amide bonds. The van der Waals surface area contributed by atoms with Gasteiger partial charge in [-0.05, 0) is 13.8 Å². The van der Waals surface area contributed by atoms with E-state index in [0.717, 1.165) is 5.69 Å². The quantitative estimate of drug-likeness (QED) is 0.786.